The maximum atomic E-state index is 12.9. The van der Waals surface area contributed by atoms with Crippen molar-refractivity contribution in [1.82, 2.24) is 10.2 Å². The van der Waals surface area contributed by atoms with Gasteiger partial charge in [0.15, 0.2) is 5.11 Å². The molecule has 0 aromatic heterocycles. The van der Waals surface area contributed by atoms with E-state index in [1.54, 1.807) is 54.4 Å². The number of carbonyl (C=O) groups excluding carboxylic acids is 2. The summed E-state index contributed by atoms with van der Waals surface area (Å²) >= 11 is 8.79. The Morgan fingerprint density at radius 2 is 1.75 bits per heavy atom. The molecular formula is C28H30BrN3O3S. The maximum Gasteiger partial charge on any atom is 0.257 e. The van der Waals surface area contributed by atoms with Crippen molar-refractivity contribution < 1.29 is 14.3 Å². The molecule has 3 rings (SSSR count). The third-order valence-electron chi connectivity index (χ3n) is 5.35. The Balaban J connectivity index is 1.57. The van der Waals surface area contributed by atoms with Gasteiger partial charge in [0, 0.05) is 30.4 Å². The average molecular weight is 569 g/mol. The lowest BCUT2D eigenvalue weighted by molar-refractivity contribution is 0.0785. The van der Waals surface area contributed by atoms with Crippen molar-refractivity contribution in [2.24, 2.45) is 5.92 Å². The highest BCUT2D eigenvalue weighted by molar-refractivity contribution is 9.10. The van der Waals surface area contributed by atoms with E-state index >= 15 is 0 Å². The van der Waals surface area contributed by atoms with Crippen LogP contribution >= 0.6 is 28.1 Å². The first-order chi connectivity index (χ1) is 17.2. The van der Waals surface area contributed by atoms with Gasteiger partial charge in [-0.3, -0.25) is 14.9 Å². The number of hydrogen-bond acceptors (Lipinski definition) is 4. The highest BCUT2D eigenvalue weighted by atomic mass is 79.9. The van der Waals surface area contributed by atoms with Crippen LogP contribution in [0.1, 0.15) is 46.5 Å². The quantitative estimate of drug-likeness (QED) is 0.298. The molecule has 0 saturated carbocycles. The van der Waals surface area contributed by atoms with E-state index in [0.29, 0.717) is 46.1 Å². The third-order valence-corrected chi connectivity index (χ3v) is 6.17. The van der Waals surface area contributed by atoms with Crippen LogP contribution in [-0.4, -0.2) is 35.5 Å². The number of amides is 2. The van der Waals surface area contributed by atoms with Crippen molar-refractivity contribution in [2.75, 3.05) is 19.0 Å². The molecule has 0 saturated heterocycles. The van der Waals surface area contributed by atoms with Crippen molar-refractivity contribution in [2.45, 2.75) is 26.8 Å². The molecule has 2 N–H and O–H groups in total. The van der Waals surface area contributed by atoms with Crippen molar-refractivity contribution in [3.05, 3.63) is 94.0 Å². The number of halogens is 1. The summed E-state index contributed by atoms with van der Waals surface area (Å²) in [5.74, 6) is 0.776. The van der Waals surface area contributed by atoms with E-state index in [0.717, 1.165) is 12.0 Å². The SMILES string of the molecule is CC(C)CCOc1ccc(C(=O)NC(=S)Nc2cccc(C(=O)N(C)Cc3ccccc3)c2)cc1Br. The molecule has 0 bridgehead atoms. The topological polar surface area (TPSA) is 70.7 Å². The lowest BCUT2D eigenvalue weighted by Gasteiger charge is -2.18. The molecule has 0 spiro atoms. The number of nitrogens with zero attached hydrogens (tertiary/aromatic N) is 1. The van der Waals surface area contributed by atoms with Crippen molar-refractivity contribution >= 4 is 50.8 Å². The maximum absolute atomic E-state index is 12.9. The molecule has 0 aliphatic carbocycles. The van der Waals surface area contributed by atoms with E-state index in [4.69, 9.17) is 17.0 Å². The summed E-state index contributed by atoms with van der Waals surface area (Å²) < 4.78 is 6.47. The van der Waals surface area contributed by atoms with E-state index in [1.807, 2.05) is 30.3 Å². The van der Waals surface area contributed by atoms with Gasteiger partial charge in [0.1, 0.15) is 5.75 Å². The third kappa shape index (κ3) is 8.17. The fourth-order valence-electron chi connectivity index (χ4n) is 3.38. The Kier molecular flexibility index (Phi) is 10.0. The number of anilines is 1. The minimum Gasteiger partial charge on any atom is -0.492 e. The van der Waals surface area contributed by atoms with Crippen LogP contribution < -0.4 is 15.4 Å². The van der Waals surface area contributed by atoms with Crippen LogP contribution in [0.4, 0.5) is 5.69 Å². The fourth-order valence-corrected chi connectivity index (χ4v) is 4.08. The van der Waals surface area contributed by atoms with Gasteiger partial charge in [-0.05, 0) is 82.4 Å². The normalized spacial score (nSPS) is 10.6. The van der Waals surface area contributed by atoms with Crippen LogP contribution in [0.3, 0.4) is 0 Å². The Morgan fingerprint density at radius 1 is 1.00 bits per heavy atom. The number of thiocarbonyl (C=S) groups is 1. The van der Waals surface area contributed by atoms with E-state index in [-0.39, 0.29) is 16.9 Å². The zero-order chi connectivity index (χ0) is 26.1. The van der Waals surface area contributed by atoms with Crippen LogP contribution in [0, 0.1) is 5.92 Å². The van der Waals surface area contributed by atoms with E-state index in [9.17, 15) is 9.59 Å². The number of rotatable bonds is 9. The van der Waals surface area contributed by atoms with Gasteiger partial charge in [0.2, 0.25) is 0 Å². The summed E-state index contributed by atoms with van der Waals surface area (Å²) in [6, 6.07) is 22.0. The molecule has 36 heavy (non-hydrogen) atoms. The highest BCUT2D eigenvalue weighted by Crippen LogP contribution is 2.26. The molecule has 0 atom stereocenters. The summed E-state index contributed by atoms with van der Waals surface area (Å²) in [5, 5.41) is 5.80. The van der Waals surface area contributed by atoms with Crippen molar-refractivity contribution in [3.63, 3.8) is 0 Å². The molecule has 188 valence electrons. The molecule has 0 aliphatic heterocycles. The Hall–Kier alpha value is -3.23. The van der Waals surface area contributed by atoms with Gasteiger partial charge in [0.05, 0.1) is 11.1 Å². The zero-order valence-corrected chi connectivity index (χ0v) is 23.0. The van der Waals surface area contributed by atoms with E-state index in [1.165, 1.54) is 0 Å². The summed E-state index contributed by atoms with van der Waals surface area (Å²) in [6.45, 7) is 5.39. The van der Waals surface area contributed by atoms with Crippen LogP contribution in [0.25, 0.3) is 0 Å². The van der Waals surface area contributed by atoms with Gasteiger partial charge in [0.25, 0.3) is 11.8 Å². The second kappa shape index (κ2) is 13.2. The number of carbonyl (C=O) groups is 2. The molecule has 0 radical (unpaired) electrons. The Labute approximate surface area is 226 Å². The molecule has 0 unspecified atom stereocenters. The Bertz CT molecular complexity index is 1220. The van der Waals surface area contributed by atoms with Gasteiger partial charge in [-0.25, -0.2) is 0 Å². The first-order valence-corrected chi connectivity index (χ1v) is 12.9. The molecule has 0 fully saturated rings. The van der Waals surface area contributed by atoms with Crippen LogP contribution in [0.15, 0.2) is 77.3 Å². The smallest absolute Gasteiger partial charge is 0.257 e. The van der Waals surface area contributed by atoms with Crippen LogP contribution in [0.5, 0.6) is 5.75 Å². The molecule has 3 aromatic carbocycles. The van der Waals surface area contributed by atoms with Crippen LogP contribution in [-0.2, 0) is 6.54 Å². The predicted molar refractivity (Wildman–Crippen MR) is 151 cm³/mol. The average Bonchev–Trinajstić information content (AvgIpc) is 2.85. The van der Waals surface area contributed by atoms with Gasteiger partial charge in [-0.2, -0.15) is 0 Å². The predicted octanol–water partition coefficient (Wildman–Crippen LogP) is 6.27. The molecule has 8 heteroatoms. The number of ether oxygens (including phenoxy) is 1. The summed E-state index contributed by atoms with van der Waals surface area (Å²) in [5.41, 5.74) is 2.61. The van der Waals surface area contributed by atoms with Gasteiger partial charge in [-0.1, -0.05) is 50.2 Å². The molecule has 6 nitrogen and oxygen atoms in total. The first-order valence-electron chi connectivity index (χ1n) is 11.7. The summed E-state index contributed by atoms with van der Waals surface area (Å²) in [4.78, 5) is 27.2. The molecule has 0 heterocycles. The minimum atomic E-state index is -0.350. The van der Waals surface area contributed by atoms with E-state index in [2.05, 4.69) is 40.4 Å². The Morgan fingerprint density at radius 3 is 2.44 bits per heavy atom. The lowest BCUT2D eigenvalue weighted by atomic mass is 10.1. The minimum absolute atomic E-state index is 0.113. The van der Waals surface area contributed by atoms with Gasteiger partial charge >= 0.3 is 0 Å². The number of hydrogen-bond donors (Lipinski definition) is 2. The summed E-state index contributed by atoms with van der Waals surface area (Å²) in [6.07, 6.45) is 0.949. The fraction of sp³-hybridized carbons (Fsp3) is 0.250. The largest absolute Gasteiger partial charge is 0.492 e. The molecule has 0 aliphatic rings. The molecular weight excluding hydrogens is 538 g/mol. The highest BCUT2D eigenvalue weighted by Gasteiger charge is 2.14. The van der Waals surface area contributed by atoms with Gasteiger partial charge in [-0.15, -0.1) is 0 Å². The standard InChI is InChI=1S/C28H30BrN3O3S/c1-19(2)14-15-35-25-13-12-21(17-24(25)29)26(33)31-28(36)30-23-11-7-10-22(16-23)27(34)32(3)18-20-8-5-4-6-9-20/h4-13,16-17,19H,14-15,18H2,1-3H3,(H2,30,31,33,36). The lowest BCUT2D eigenvalue weighted by Crippen LogP contribution is -2.34. The molecule has 2 amide bonds. The number of nitrogens with one attached hydrogen (secondary N) is 2. The first kappa shape index (κ1) is 27.4. The zero-order valence-electron chi connectivity index (χ0n) is 20.6. The second-order valence-corrected chi connectivity index (χ2v) is 10.1. The van der Waals surface area contributed by atoms with E-state index < -0.39 is 0 Å². The monoisotopic (exact) mass is 567 g/mol. The number of benzene rings is 3. The van der Waals surface area contributed by atoms with Crippen LogP contribution in [0.2, 0.25) is 0 Å². The van der Waals surface area contributed by atoms with Crippen molar-refractivity contribution in [3.8, 4) is 5.75 Å². The van der Waals surface area contributed by atoms with Gasteiger partial charge < -0.3 is 15.0 Å². The molecule has 3 aromatic rings. The summed E-state index contributed by atoms with van der Waals surface area (Å²) in [7, 11) is 1.76. The second-order valence-electron chi connectivity index (χ2n) is 8.81. The van der Waals surface area contributed by atoms with Crippen molar-refractivity contribution in [1.29, 1.82) is 0 Å².